The Morgan fingerprint density at radius 2 is 1.95 bits per heavy atom. The molecule has 0 saturated carbocycles. The maximum atomic E-state index is 5.90. The standard InChI is InChI=1S/C17H25N3O/c1-11(2)13(4)20-17(18-5)19-10-16-12(3)14-8-6-7-9-15(14)21-16/h6-9,11,13H,10H2,1-5H3,(H2,18,19,20). The van der Waals surface area contributed by atoms with Crippen molar-refractivity contribution in [1.29, 1.82) is 0 Å². The van der Waals surface area contributed by atoms with Crippen molar-refractivity contribution >= 4 is 16.9 Å². The molecule has 1 heterocycles. The van der Waals surface area contributed by atoms with Crippen LogP contribution in [0.1, 0.15) is 32.1 Å². The summed E-state index contributed by atoms with van der Waals surface area (Å²) in [6, 6.07) is 8.49. The lowest BCUT2D eigenvalue weighted by atomic mass is 10.1. The Labute approximate surface area is 126 Å². The lowest BCUT2D eigenvalue weighted by Crippen LogP contribution is -2.43. The van der Waals surface area contributed by atoms with Gasteiger partial charge >= 0.3 is 0 Å². The van der Waals surface area contributed by atoms with E-state index in [0.717, 1.165) is 17.3 Å². The highest BCUT2D eigenvalue weighted by Gasteiger charge is 2.12. The molecule has 1 unspecified atom stereocenters. The topological polar surface area (TPSA) is 49.6 Å². The fraction of sp³-hybridized carbons (Fsp3) is 0.471. The fourth-order valence-corrected chi connectivity index (χ4v) is 2.13. The van der Waals surface area contributed by atoms with Gasteiger partial charge < -0.3 is 15.1 Å². The number of benzene rings is 1. The van der Waals surface area contributed by atoms with Crippen LogP contribution in [0.5, 0.6) is 0 Å². The highest BCUT2D eigenvalue weighted by molar-refractivity contribution is 5.83. The molecule has 0 saturated heterocycles. The number of aryl methyl sites for hydroxylation is 1. The summed E-state index contributed by atoms with van der Waals surface area (Å²) >= 11 is 0. The number of para-hydroxylation sites is 1. The zero-order valence-electron chi connectivity index (χ0n) is 13.5. The number of nitrogens with zero attached hydrogens (tertiary/aromatic N) is 1. The first kappa shape index (κ1) is 15.4. The van der Waals surface area contributed by atoms with Gasteiger partial charge in [-0.15, -0.1) is 0 Å². The van der Waals surface area contributed by atoms with E-state index in [-0.39, 0.29) is 0 Å². The average Bonchev–Trinajstić information content (AvgIpc) is 2.80. The molecule has 4 nitrogen and oxygen atoms in total. The Bertz CT molecular complexity index is 628. The molecule has 0 fully saturated rings. The van der Waals surface area contributed by atoms with Crippen molar-refractivity contribution in [2.24, 2.45) is 10.9 Å². The number of guanidine groups is 1. The normalized spacial score (nSPS) is 13.7. The number of hydrogen-bond acceptors (Lipinski definition) is 2. The quantitative estimate of drug-likeness (QED) is 0.669. The Hall–Kier alpha value is -1.97. The molecule has 0 aliphatic heterocycles. The molecule has 2 aromatic rings. The van der Waals surface area contributed by atoms with Crippen LogP contribution < -0.4 is 10.6 Å². The zero-order chi connectivity index (χ0) is 15.4. The summed E-state index contributed by atoms with van der Waals surface area (Å²) in [7, 11) is 1.79. The average molecular weight is 287 g/mol. The smallest absolute Gasteiger partial charge is 0.191 e. The van der Waals surface area contributed by atoms with Crippen LogP contribution >= 0.6 is 0 Å². The van der Waals surface area contributed by atoms with Gasteiger partial charge in [-0.05, 0) is 25.8 Å². The van der Waals surface area contributed by atoms with Crippen LogP contribution in [0.4, 0.5) is 0 Å². The van der Waals surface area contributed by atoms with Gasteiger partial charge in [-0.1, -0.05) is 32.0 Å². The summed E-state index contributed by atoms with van der Waals surface area (Å²) in [5, 5.41) is 7.88. The predicted molar refractivity (Wildman–Crippen MR) is 88.6 cm³/mol. The molecule has 0 aliphatic rings. The monoisotopic (exact) mass is 287 g/mol. The van der Waals surface area contributed by atoms with E-state index >= 15 is 0 Å². The summed E-state index contributed by atoms with van der Waals surface area (Å²) in [6.45, 7) is 9.26. The minimum atomic E-state index is 0.368. The Morgan fingerprint density at radius 1 is 1.24 bits per heavy atom. The largest absolute Gasteiger partial charge is 0.459 e. The molecule has 2 rings (SSSR count). The van der Waals surface area contributed by atoms with Gasteiger partial charge in [-0.3, -0.25) is 4.99 Å². The van der Waals surface area contributed by atoms with E-state index in [4.69, 9.17) is 4.42 Å². The first-order valence-corrected chi connectivity index (χ1v) is 7.47. The molecule has 0 bridgehead atoms. The zero-order valence-corrected chi connectivity index (χ0v) is 13.5. The van der Waals surface area contributed by atoms with Gasteiger partial charge in [0, 0.05) is 24.0 Å². The molecule has 0 spiro atoms. The van der Waals surface area contributed by atoms with Gasteiger partial charge in [0.1, 0.15) is 11.3 Å². The van der Waals surface area contributed by atoms with E-state index < -0.39 is 0 Å². The summed E-state index contributed by atoms with van der Waals surface area (Å²) in [4.78, 5) is 4.26. The lowest BCUT2D eigenvalue weighted by molar-refractivity contribution is 0.477. The third kappa shape index (κ3) is 3.57. The van der Waals surface area contributed by atoms with Gasteiger partial charge in [-0.2, -0.15) is 0 Å². The number of rotatable bonds is 4. The second kappa shape index (κ2) is 6.66. The van der Waals surface area contributed by atoms with Gasteiger partial charge in [0.05, 0.1) is 6.54 Å². The number of fused-ring (bicyclic) bond motifs is 1. The molecular weight excluding hydrogens is 262 g/mol. The third-order valence-electron chi connectivity index (χ3n) is 3.95. The van der Waals surface area contributed by atoms with E-state index in [1.165, 1.54) is 10.9 Å². The molecule has 114 valence electrons. The van der Waals surface area contributed by atoms with Crippen molar-refractivity contribution < 1.29 is 4.42 Å². The molecule has 4 heteroatoms. The van der Waals surface area contributed by atoms with Crippen LogP contribution in [0.3, 0.4) is 0 Å². The third-order valence-corrected chi connectivity index (χ3v) is 3.95. The number of furan rings is 1. The minimum Gasteiger partial charge on any atom is -0.459 e. The van der Waals surface area contributed by atoms with Gasteiger partial charge in [0.25, 0.3) is 0 Å². The lowest BCUT2D eigenvalue weighted by Gasteiger charge is -2.20. The summed E-state index contributed by atoms with van der Waals surface area (Å²) in [5.74, 6) is 2.31. The Balaban J connectivity index is 2.05. The SMILES string of the molecule is CN=C(NCc1oc2ccccc2c1C)NC(C)C(C)C. The highest BCUT2D eigenvalue weighted by atomic mass is 16.3. The first-order chi connectivity index (χ1) is 10.0. The maximum absolute atomic E-state index is 5.90. The molecule has 21 heavy (non-hydrogen) atoms. The second-order valence-electron chi connectivity index (χ2n) is 5.75. The van der Waals surface area contributed by atoms with E-state index in [2.05, 4.69) is 49.4 Å². The van der Waals surface area contributed by atoms with Gasteiger partial charge in [0.15, 0.2) is 5.96 Å². The van der Waals surface area contributed by atoms with Crippen LogP contribution in [0.2, 0.25) is 0 Å². The van der Waals surface area contributed by atoms with Crippen LogP contribution in [0, 0.1) is 12.8 Å². The summed E-state index contributed by atoms with van der Waals surface area (Å²) < 4.78 is 5.90. The summed E-state index contributed by atoms with van der Waals surface area (Å²) in [5.41, 5.74) is 2.12. The molecule has 1 aromatic heterocycles. The Morgan fingerprint density at radius 3 is 2.57 bits per heavy atom. The molecule has 0 radical (unpaired) electrons. The molecule has 0 aliphatic carbocycles. The maximum Gasteiger partial charge on any atom is 0.191 e. The number of aliphatic imine (C=N–C) groups is 1. The van der Waals surface area contributed by atoms with E-state index in [1.807, 2.05) is 18.2 Å². The molecular formula is C17H25N3O. The molecule has 0 amide bonds. The van der Waals surface area contributed by atoms with E-state index in [0.29, 0.717) is 18.5 Å². The molecule has 1 atom stereocenters. The van der Waals surface area contributed by atoms with E-state index in [9.17, 15) is 0 Å². The van der Waals surface area contributed by atoms with Crippen LogP contribution in [0.25, 0.3) is 11.0 Å². The molecule has 1 aromatic carbocycles. The van der Waals surface area contributed by atoms with Gasteiger partial charge in [0.2, 0.25) is 0 Å². The fourth-order valence-electron chi connectivity index (χ4n) is 2.13. The summed E-state index contributed by atoms with van der Waals surface area (Å²) in [6.07, 6.45) is 0. The highest BCUT2D eigenvalue weighted by Crippen LogP contribution is 2.24. The minimum absolute atomic E-state index is 0.368. The number of nitrogens with one attached hydrogen (secondary N) is 2. The number of hydrogen-bond donors (Lipinski definition) is 2. The van der Waals surface area contributed by atoms with Crippen LogP contribution in [-0.4, -0.2) is 19.0 Å². The van der Waals surface area contributed by atoms with Crippen molar-refractivity contribution in [2.45, 2.75) is 40.3 Å². The van der Waals surface area contributed by atoms with Crippen molar-refractivity contribution in [2.75, 3.05) is 7.05 Å². The first-order valence-electron chi connectivity index (χ1n) is 7.47. The van der Waals surface area contributed by atoms with Crippen molar-refractivity contribution in [3.63, 3.8) is 0 Å². The predicted octanol–water partition coefficient (Wildman–Crippen LogP) is 3.45. The van der Waals surface area contributed by atoms with Crippen molar-refractivity contribution in [1.82, 2.24) is 10.6 Å². The Kier molecular flexibility index (Phi) is 4.89. The molecule has 2 N–H and O–H groups in total. The van der Waals surface area contributed by atoms with Crippen LogP contribution in [-0.2, 0) is 6.54 Å². The van der Waals surface area contributed by atoms with Gasteiger partial charge in [-0.25, -0.2) is 0 Å². The van der Waals surface area contributed by atoms with E-state index in [1.54, 1.807) is 7.05 Å². The van der Waals surface area contributed by atoms with Crippen molar-refractivity contribution in [3.05, 3.63) is 35.6 Å². The second-order valence-corrected chi connectivity index (χ2v) is 5.75. The van der Waals surface area contributed by atoms with Crippen molar-refractivity contribution in [3.8, 4) is 0 Å². The van der Waals surface area contributed by atoms with Crippen LogP contribution in [0.15, 0.2) is 33.7 Å².